The molecule has 0 unspecified atom stereocenters. The fourth-order valence-corrected chi connectivity index (χ4v) is 0.971. The SMILES string of the molecule is O=C(O)c1noc(-c2ccc(=O)[nH]c2)n1. The molecule has 76 valence electrons. The van der Waals surface area contributed by atoms with Crippen LogP contribution in [0.25, 0.3) is 11.5 Å². The van der Waals surface area contributed by atoms with Gasteiger partial charge in [0.2, 0.25) is 5.56 Å². The van der Waals surface area contributed by atoms with E-state index in [1.54, 1.807) is 0 Å². The zero-order valence-corrected chi connectivity index (χ0v) is 7.30. The van der Waals surface area contributed by atoms with E-state index < -0.39 is 11.8 Å². The van der Waals surface area contributed by atoms with E-state index in [4.69, 9.17) is 5.11 Å². The van der Waals surface area contributed by atoms with Crippen molar-refractivity contribution in [1.29, 1.82) is 0 Å². The predicted molar refractivity (Wildman–Crippen MR) is 47.3 cm³/mol. The van der Waals surface area contributed by atoms with E-state index in [9.17, 15) is 9.59 Å². The monoisotopic (exact) mass is 207 g/mol. The van der Waals surface area contributed by atoms with E-state index in [0.29, 0.717) is 5.56 Å². The van der Waals surface area contributed by atoms with Crippen LogP contribution in [0.4, 0.5) is 0 Å². The van der Waals surface area contributed by atoms with Gasteiger partial charge >= 0.3 is 5.97 Å². The third-order valence-electron chi connectivity index (χ3n) is 1.65. The van der Waals surface area contributed by atoms with Gasteiger partial charge in [0.15, 0.2) is 0 Å². The highest BCUT2D eigenvalue weighted by atomic mass is 16.5. The van der Waals surface area contributed by atoms with Crippen molar-refractivity contribution in [3.05, 3.63) is 34.5 Å². The first kappa shape index (κ1) is 9.13. The molecule has 15 heavy (non-hydrogen) atoms. The molecular formula is C8H5N3O4. The highest BCUT2D eigenvalue weighted by molar-refractivity contribution is 5.83. The fraction of sp³-hybridized carbons (Fsp3) is 0. The Morgan fingerprint density at radius 1 is 1.47 bits per heavy atom. The largest absolute Gasteiger partial charge is 0.475 e. The van der Waals surface area contributed by atoms with Crippen LogP contribution in [-0.4, -0.2) is 26.2 Å². The highest BCUT2D eigenvalue weighted by Gasteiger charge is 2.13. The molecule has 0 aromatic carbocycles. The molecule has 0 amide bonds. The van der Waals surface area contributed by atoms with E-state index in [0.717, 1.165) is 0 Å². The molecule has 0 aliphatic heterocycles. The molecule has 7 heteroatoms. The number of carboxylic acid groups (broad SMARTS) is 1. The average molecular weight is 207 g/mol. The molecule has 2 aromatic heterocycles. The van der Waals surface area contributed by atoms with E-state index in [1.165, 1.54) is 18.3 Å². The molecule has 0 bridgehead atoms. The molecule has 0 atom stereocenters. The molecule has 0 spiro atoms. The number of carbonyl (C=O) groups is 1. The summed E-state index contributed by atoms with van der Waals surface area (Å²) in [5.41, 5.74) is 0.186. The fourth-order valence-electron chi connectivity index (χ4n) is 0.971. The zero-order valence-electron chi connectivity index (χ0n) is 7.30. The van der Waals surface area contributed by atoms with Crippen LogP contribution >= 0.6 is 0 Å². The van der Waals surface area contributed by atoms with Crippen LogP contribution in [0.3, 0.4) is 0 Å². The predicted octanol–water partition coefficient (Wildman–Crippen LogP) is 0.123. The van der Waals surface area contributed by atoms with Gasteiger partial charge in [-0.1, -0.05) is 0 Å². The molecule has 2 rings (SSSR count). The lowest BCUT2D eigenvalue weighted by Crippen LogP contribution is -2.01. The minimum atomic E-state index is -1.27. The Kier molecular flexibility index (Phi) is 2.05. The molecule has 2 aromatic rings. The molecule has 0 fully saturated rings. The van der Waals surface area contributed by atoms with Crippen molar-refractivity contribution in [3.8, 4) is 11.5 Å². The molecule has 0 radical (unpaired) electrons. The lowest BCUT2D eigenvalue weighted by Gasteiger charge is -1.90. The Morgan fingerprint density at radius 2 is 2.27 bits per heavy atom. The number of hydrogen-bond donors (Lipinski definition) is 2. The number of pyridine rings is 1. The molecule has 7 nitrogen and oxygen atoms in total. The van der Waals surface area contributed by atoms with Crippen molar-refractivity contribution in [2.75, 3.05) is 0 Å². The van der Waals surface area contributed by atoms with Crippen molar-refractivity contribution >= 4 is 5.97 Å². The zero-order chi connectivity index (χ0) is 10.8. The third kappa shape index (κ3) is 1.75. The second kappa shape index (κ2) is 3.37. The standard InChI is InChI=1S/C8H5N3O4/c12-5-2-1-4(3-9-5)7-10-6(8(13)14)11-15-7/h1-3H,(H,9,12)(H,13,14). The maximum Gasteiger partial charge on any atom is 0.377 e. The summed E-state index contributed by atoms with van der Waals surface area (Å²) in [6, 6.07) is 2.73. The Bertz CT molecular complexity index is 537. The number of carboxylic acids is 1. The average Bonchev–Trinajstić information content (AvgIpc) is 2.68. The third-order valence-corrected chi connectivity index (χ3v) is 1.65. The van der Waals surface area contributed by atoms with Gasteiger partial charge in [-0.25, -0.2) is 4.79 Å². The molecule has 0 aliphatic carbocycles. The second-order valence-corrected chi connectivity index (χ2v) is 2.67. The summed E-state index contributed by atoms with van der Waals surface area (Å²) in [5.74, 6) is -1.64. The van der Waals surface area contributed by atoms with Gasteiger partial charge in [-0.15, -0.1) is 0 Å². The summed E-state index contributed by atoms with van der Waals surface area (Å²) in [7, 11) is 0. The number of H-pyrrole nitrogens is 1. The second-order valence-electron chi connectivity index (χ2n) is 2.67. The number of aromatic nitrogens is 3. The first-order valence-corrected chi connectivity index (χ1v) is 3.93. The van der Waals surface area contributed by atoms with Crippen LogP contribution in [0.1, 0.15) is 10.6 Å². The van der Waals surface area contributed by atoms with E-state index in [2.05, 4.69) is 19.6 Å². The normalized spacial score (nSPS) is 10.1. The maximum atomic E-state index is 10.8. The molecule has 2 heterocycles. The van der Waals surface area contributed by atoms with Crippen molar-refractivity contribution in [2.45, 2.75) is 0 Å². The van der Waals surface area contributed by atoms with Crippen molar-refractivity contribution < 1.29 is 14.4 Å². The van der Waals surface area contributed by atoms with E-state index in [-0.39, 0.29) is 11.4 Å². The molecule has 0 saturated carbocycles. The quantitative estimate of drug-likeness (QED) is 0.723. The minimum Gasteiger partial charge on any atom is -0.475 e. The summed E-state index contributed by atoms with van der Waals surface area (Å²) in [6.07, 6.45) is 1.36. The van der Waals surface area contributed by atoms with Gasteiger partial charge in [0.25, 0.3) is 11.7 Å². The van der Waals surface area contributed by atoms with E-state index >= 15 is 0 Å². The van der Waals surface area contributed by atoms with Crippen LogP contribution in [0.5, 0.6) is 0 Å². The van der Waals surface area contributed by atoms with Crippen molar-refractivity contribution in [3.63, 3.8) is 0 Å². The van der Waals surface area contributed by atoms with Gasteiger partial charge in [-0.2, -0.15) is 4.98 Å². The summed E-state index contributed by atoms with van der Waals surface area (Å²) in [5, 5.41) is 11.8. The number of rotatable bonds is 2. The van der Waals surface area contributed by atoms with Crippen LogP contribution in [0.15, 0.2) is 27.6 Å². The first-order valence-electron chi connectivity index (χ1n) is 3.93. The Hall–Kier alpha value is -2.44. The Labute approximate surface area is 82.4 Å². The van der Waals surface area contributed by atoms with Crippen LogP contribution < -0.4 is 5.56 Å². The number of hydrogen-bond acceptors (Lipinski definition) is 5. The summed E-state index contributed by atoms with van der Waals surface area (Å²) < 4.78 is 4.69. The Balaban J connectivity index is 2.41. The molecule has 0 saturated heterocycles. The summed E-state index contributed by atoms with van der Waals surface area (Å²) >= 11 is 0. The van der Waals surface area contributed by atoms with Crippen LogP contribution in [0, 0.1) is 0 Å². The van der Waals surface area contributed by atoms with Crippen molar-refractivity contribution in [2.24, 2.45) is 0 Å². The topological polar surface area (TPSA) is 109 Å². The molecule has 0 aliphatic rings. The first-order chi connectivity index (χ1) is 7.16. The lowest BCUT2D eigenvalue weighted by molar-refractivity contribution is 0.0680. The number of aromatic amines is 1. The number of nitrogens with zero attached hydrogens (tertiary/aromatic N) is 2. The smallest absolute Gasteiger partial charge is 0.377 e. The number of nitrogens with one attached hydrogen (secondary N) is 1. The van der Waals surface area contributed by atoms with E-state index in [1.807, 2.05) is 0 Å². The van der Waals surface area contributed by atoms with Gasteiger partial charge in [-0.3, -0.25) is 4.79 Å². The van der Waals surface area contributed by atoms with Gasteiger partial charge in [0.05, 0.1) is 5.56 Å². The molecular weight excluding hydrogens is 202 g/mol. The minimum absolute atomic E-state index is 0.0450. The van der Waals surface area contributed by atoms with Crippen molar-refractivity contribution in [1.82, 2.24) is 15.1 Å². The van der Waals surface area contributed by atoms with Gasteiger partial charge in [0.1, 0.15) is 0 Å². The molecule has 2 N–H and O–H groups in total. The number of aromatic carboxylic acids is 1. The lowest BCUT2D eigenvalue weighted by atomic mass is 10.3. The van der Waals surface area contributed by atoms with Gasteiger partial charge in [0, 0.05) is 12.3 Å². The Morgan fingerprint density at radius 3 is 2.80 bits per heavy atom. The summed E-state index contributed by atoms with van der Waals surface area (Å²) in [4.78, 5) is 27.2. The van der Waals surface area contributed by atoms with Gasteiger partial charge in [-0.05, 0) is 11.2 Å². The van der Waals surface area contributed by atoms with Gasteiger partial charge < -0.3 is 14.6 Å². The highest BCUT2D eigenvalue weighted by Crippen LogP contribution is 2.13. The van der Waals surface area contributed by atoms with Crippen LogP contribution in [-0.2, 0) is 0 Å². The summed E-state index contributed by atoms with van der Waals surface area (Å²) in [6.45, 7) is 0. The van der Waals surface area contributed by atoms with Crippen LogP contribution in [0.2, 0.25) is 0 Å². The maximum absolute atomic E-state index is 10.8.